The minimum Gasteiger partial charge on any atom is -0.293 e. The first-order valence-corrected chi connectivity index (χ1v) is 2.96. The van der Waals surface area contributed by atoms with Crippen molar-refractivity contribution in [3.63, 3.8) is 0 Å². The molecule has 1 nitrogen and oxygen atoms in total. The van der Waals surface area contributed by atoms with Gasteiger partial charge in [0.1, 0.15) is 0 Å². The van der Waals surface area contributed by atoms with E-state index in [1.165, 1.54) is 0 Å². The molecule has 0 aliphatic heterocycles. The normalized spacial score (nSPS) is 8.12. The minimum absolute atomic E-state index is 0.0139. The Labute approximate surface area is 57.2 Å². The summed E-state index contributed by atoms with van der Waals surface area (Å²) in [5.41, 5.74) is 0. The maximum atomic E-state index is 10.5. The molecule has 0 unspecified atom stereocenters. The number of hydrogen-bond donors (Lipinski definition) is 0. The van der Waals surface area contributed by atoms with Gasteiger partial charge < -0.3 is 0 Å². The highest BCUT2D eigenvalue weighted by molar-refractivity contribution is 9.12. The van der Waals surface area contributed by atoms with Crippen molar-refractivity contribution in [1.82, 2.24) is 0 Å². The van der Waals surface area contributed by atoms with Gasteiger partial charge in [-0.2, -0.15) is 0 Å². The predicted octanol–water partition coefficient (Wildman–Crippen LogP) is 2.04. The molecular formula is C6H7BrO. The number of ketones is 1. The molecule has 0 spiro atoms. The van der Waals surface area contributed by atoms with Crippen molar-refractivity contribution in [1.29, 1.82) is 0 Å². The van der Waals surface area contributed by atoms with Crippen LogP contribution in [0.5, 0.6) is 0 Å². The Kier molecular flexibility index (Phi) is 3.44. The fraction of sp³-hybridized carbons (Fsp3) is 0.167. The second-order valence-electron chi connectivity index (χ2n) is 1.32. The van der Waals surface area contributed by atoms with E-state index < -0.39 is 0 Å². The molecular weight excluding hydrogens is 168 g/mol. The molecule has 0 bridgehead atoms. The van der Waals surface area contributed by atoms with Crippen LogP contribution in [0, 0.1) is 0 Å². The minimum atomic E-state index is -0.0139. The Morgan fingerprint density at radius 1 is 1.75 bits per heavy atom. The van der Waals surface area contributed by atoms with Gasteiger partial charge in [0, 0.05) is 6.42 Å². The average molecular weight is 175 g/mol. The van der Waals surface area contributed by atoms with E-state index >= 15 is 0 Å². The average Bonchev–Trinajstić information content (AvgIpc) is 1.67. The summed E-state index contributed by atoms with van der Waals surface area (Å²) in [6.07, 6.45) is 1.92. The van der Waals surface area contributed by atoms with Crippen molar-refractivity contribution >= 4 is 21.7 Å². The van der Waals surface area contributed by atoms with Gasteiger partial charge in [0.05, 0.1) is 4.48 Å². The molecule has 0 amide bonds. The number of hydrogen-bond acceptors (Lipinski definition) is 1. The van der Waals surface area contributed by atoms with E-state index in [1.807, 2.05) is 0 Å². The molecule has 44 valence electrons. The van der Waals surface area contributed by atoms with E-state index in [0.717, 1.165) is 0 Å². The van der Waals surface area contributed by atoms with Crippen LogP contribution in [0.15, 0.2) is 23.7 Å². The number of carbonyl (C=O) groups excluding carboxylic acids is 1. The second kappa shape index (κ2) is 3.61. The Balaban J connectivity index is 3.65. The summed E-state index contributed by atoms with van der Waals surface area (Å²) < 4.78 is 0.414. The number of carbonyl (C=O) groups is 1. The molecule has 0 aliphatic rings. The van der Waals surface area contributed by atoms with Crippen molar-refractivity contribution in [2.24, 2.45) is 0 Å². The molecule has 0 fully saturated rings. The van der Waals surface area contributed by atoms with E-state index in [1.54, 1.807) is 6.08 Å². The molecule has 0 N–H and O–H groups in total. The highest BCUT2D eigenvalue weighted by Gasteiger charge is 1.97. The lowest BCUT2D eigenvalue weighted by Crippen LogP contribution is -1.91. The van der Waals surface area contributed by atoms with E-state index in [9.17, 15) is 4.79 Å². The summed E-state index contributed by atoms with van der Waals surface area (Å²) in [7, 11) is 0. The molecule has 2 heteroatoms. The lowest BCUT2D eigenvalue weighted by atomic mass is 10.3. The predicted molar refractivity (Wildman–Crippen MR) is 37.9 cm³/mol. The molecule has 0 aromatic carbocycles. The number of Topliss-reactive ketones (excluding diaryl/α,β-unsaturated/α-hetero) is 1. The van der Waals surface area contributed by atoms with Gasteiger partial charge in [0.25, 0.3) is 0 Å². The zero-order valence-electron chi connectivity index (χ0n) is 4.48. The highest BCUT2D eigenvalue weighted by atomic mass is 79.9. The van der Waals surface area contributed by atoms with Gasteiger partial charge in [0.2, 0.25) is 0 Å². The van der Waals surface area contributed by atoms with Crippen LogP contribution in [-0.2, 0) is 4.79 Å². The fourth-order valence-electron chi connectivity index (χ4n) is 0.242. The standard InChI is InChI=1S/C6H7BrO/c1-3-4-6(8)5(2)7/h3H,1-2,4H2. The van der Waals surface area contributed by atoms with E-state index in [-0.39, 0.29) is 5.78 Å². The summed E-state index contributed by atoms with van der Waals surface area (Å²) in [5.74, 6) is -0.0139. The van der Waals surface area contributed by atoms with Gasteiger partial charge in [-0.3, -0.25) is 4.79 Å². The zero-order valence-corrected chi connectivity index (χ0v) is 6.07. The smallest absolute Gasteiger partial charge is 0.172 e. The Morgan fingerprint density at radius 2 is 2.25 bits per heavy atom. The van der Waals surface area contributed by atoms with Crippen LogP contribution in [0.1, 0.15) is 6.42 Å². The van der Waals surface area contributed by atoms with Gasteiger partial charge in [-0.05, 0) is 15.9 Å². The van der Waals surface area contributed by atoms with Crippen molar-refractivity contribution < 1.29 is 4.79 Å². The fourth-order valence-corrected chi connectivity index (χ4v) is 0.404. The van der Waals surface area contributed by atoms with Crippen LogP contribution in [0.25, 0.3) is 0 Å². The Bertz CT molecular complexity index is 126. The SMILES string of the molecule is C=CCC(=O)C(=C)Br. The molecule has 0 aromatic heterocycles. The molecule has 0 aromatic rings. The summed E-state index contributed by atoms with van der Waals surface area (Å²) in [5, 5.41) is 0. The zero-order chi connectivity index (χ0) is 6.57. The molecule has 0 aliphatic carbocycles. The quantitative estimate of drug-likeness (QED) is 0.473. The van der Waals surface area contributed by atoms with Crippen LogP contribution in [-0.4, -0.2) is 5.78 Å². The van der Waals surface area contributed by atoms with Crippen LogP contribution >= 0.6 is 15.9 Å². The molecule has 8 heavy (non-hydrogen) atoms. The maximum absolute atomic E-state index is 10.5. The number of rotatable bonds is 3. The molecule has 0 atom stereocenters. The van der Waals surface area contributed by atoms with Gasteiger partial charge in [-0.1, -0.05) is 12.7 Å². The molecule has 0 rings (SSSR count). The third-order valence-electron chi connectivity index (χ3n) is 0.632. The maximum Gasteiger partial charge on any atom is 0.172 e. The lowest BCUT2D eigenvalue weighted by molar-refractivity contribution is -0.114. The highest BCUT2D eigenvalue weighted by Crippen LogP contribution is 2.04. The topological polar surface area (TPSA) is 17.1 Å². The summed E-state index contributed by atoms with van der Waals surface area (Å²) in [6.45, 7) is 6.79. The van der Waals surface area contributed by atoms with Crippen molar-refractivity contribution in [2.75, 3.05) is 0 Å². The van der Waals surface area contributed by atoms with Crippen molar-refractivity contribution in [2.45, 2.75) is 6.42 Å². The summed E-state index contributed by atoms with van der Waals surface area (Å²) >= 11 is 2.95. The largest absolute Gasteiger partial charge is 0.293 e. The molecule has 0 saturated carbocycles. The third-order valence-corrected chi connectivity index (χ3v) is 1.07. The summed E-state index contributed by atoms with van der Waals surface area (Å²) in [6, 6.07) is 0. The first-order valence-electron chi connectivity index (χ1n) is 2.17. The second-order valence-corrected chi connectivity index (χ2v) is 2.28. The van der Waals surface area contributed by atoms with Crippen molar-refractivity contribution in [3.05, 3.63) is 23.7 Å². The van der Waals surface area contributed by atoms with Gasteiger partial charge in [-0.25, -0.2) is 0 Å². The van der Waals surface area contributed by atoms with Gasteiger partial charge in [-0.15, -0.1) is 6.58 Å². The molecule has 0 saturated heterocycles. The first-order chi connectivity index (χ1) is 3.68. The van der Waals surface area contributed by atoms with E-state index in [0.29, 0.717) is 10.9 Å². The van der Waals surface area contributed by atoms with Crippen LogP contribution in [0.3, 0.4) is 0 Å². The van der Waals surface area contributed by atoms with Crippen LogP contribution in [0.2, 0.25) is 0 Å². The third kappa shape index (κ3) is 2.75. The molecule has 0 radical (unpaired) electrons. The number of halogens is 1. The van der Waals surface area contributed by atoms with Gasteiger partial charge >= 0.3 is 0 Å². The van der Waals surface area contributed by atoms with Crippen LogP contribution in [0.4, 0.5) is 0 Å². The van der Waals surface area contributed by atoms with Crippen molar-refractivity contribution in [3.8, 4) is 0 Å². The van der Waals surface area contributed by atoms with Gasteiger partial charge in [0.15, 0.2) is 5.78 Å². The number of allylic oxidation sites excluding steroid dienone is 2. The van der Waals surface area contributed by atoms with Crippen LogP contribution < -0.4 is 0 Å². The monoisotopic (exact) mass is 174 g/mol. The molecule has 0 heterocycles. The Morgan fingerprint density at radius 3 is 2.38 bits per heavy atom. The first kappa shape index (κ1) is 7.63. The van der Waals surface area contributed by atoms with E-state index in [4.69, 9.17) is 0 Å². The summed E-state index contributed by atoms with van der Waals surface area (Å²) in [4.78, 5) is 10.5. The Hall–Kier alpha value is -0.370. The lowest BCUT2D eigenvalue weighted by Gasteiger charge is -1.87. The van der Waals surface area contributed by atoms with E-state index in [2.05, 4.69) is 29.1 Å².